The number of aliphatic hydroxyl groups is 1. The number of urea groups is 1. The van der Waals surface area contributed by atoms with Crippen LogP contribution in [0.1, 0.15) is 52.2 Å². The lowest BCUT2D eigenvalue weighted by Crippen LogP contribution is -2.45. The van der Waals surface area contributed by atoms with Crippen LogP contribution in [0, 0.1) is 0 Å². The largest absolute Gasteiger partial charge is 0.467 e. The van der Waals surface area contributed by atoms with Crippen molar-refractivity contribution in [2.24, 2.45) is 0 Å². The summed E-state index contributed by atoms with van der Waals surface area (Å²) in [6, 6.07) is 44.2. The van der Waals surface area contributed by atoms with Gasteiger partial charge in [-0.1, -0.05) is 127 Å². The molecule has 1 heterocycles. The molecule has 2 amide bonds. The molecule has 9 nitrogen and oxygen atoms in total. The molecular weight excluding hydrogens is 654 g/mol. The van der Waals surface area contributed by atoms with E-state index in [1.54, 1.807) is 12.1 Å². The number of benzene rings is 5. The van der Waals surface area contributed by atoms with Crippen LogP contribution >= 0.6 is 0 Å². The maximum absolute atomic E-state index is 13.0. The van der Waals surface area contributed by atoms with Crippen molar-refractivity contribution in [2.45, 2.75) is 57.1 Å². The van der Waals surface area contributed by atoms with Gasteiger partial charge in [-0.15, -0.1) is 0 Å². The quantitative estimate of drug-likeness (QED) is 0.104. The Labute approximate surface area is 305 Å². The maximum atomic E-state index is 13.0. The number of aliphatic hydroxyl groups excluding tert-OH is 1. The van der Waals surface area contributed by atoms with Crippen LogP contribution in [0.5, 0.6) is 0 Å². The van der Waals surface area contributed by atoms with Crippen molar-refractivity contribution in [3.05, 3.63) is 173 Å². The molecule has 0 bridgehead atoms. The first-order valence-electron chi connectivity index (χ1n) is 17.6. The molecule has 0 saturated carbocycles. The molecule has 1 saturated heterocycles. The molecule has 5 aromatic rings. The fraction of sp³-hybridized carbons (Fsp3) is 0.256. The predicted molar refractivity (Wildman–Crippen MR) is 200 cm³/mol. The van der Waals surface area contributed by atoms with Gasteiger partial charge in [-0.05, 0) is 39.9 Å². The van der Waals surface area contributed by atoms with Gasteiger partial charge in [0, 0.05) is 43.7 Å². The topological polar surface area (TPSA) is 109 Å². The number of carbonyl (C=O) groups is 2. The maximum Gasteiger partial charge on any atom is 0.328 e. The Bertz CT molecular complexity index is 1800. The van der Waals surface area contributed by atoms with Crippen LogP contribution < -0.4 is 10.6 Å². The number of ether oxygens (including phenoxy) is 3. The summed E-state index contributed by atoms with van der Waals surface area (Å²) in [5.41, 5.74) is 6.56. The lowest BCUT2D eigenvalue weighted by atomic mass is 9.99. The molecule has 5 aromatic carbocycles. The summed E-state index contributed by atoms with van der Waals surface area (Å²) in [6.07, 6.45) is -0.101. The molecule has 1 fully saturated rings. The summed E-state index contributed by atoms with van der Waals surface area (Å²) >= 11 is 0. The van der Waals surface area contributed by atoms with Crippen molar-refractivity contribution in [3.8, 4) is 0 Å². The number of hydrogen-bond donors (Lipinski definition) is 3. The summed E-state index contributed by atoms with van der Waals surface area (Å²) in [6.45, 7) is 2.19. The number of amides is 2. The zero-order valence-electron chi connectivity index (χ0n) is 29.3. The molecule has 4 atom stereocenters. The number of esters is 1. The Kier molecular flexibility index (Phi) is 12.8. The van der Waals surface area contributed by atoms with Gasteiger partial charge < -0.3 is 30.0 Å². The summed E-state index contributed by atoms with van der Waals surface area (Å²) in [4.78, 5) is 27.8. The molecule has 52 heavy (non-hydrogen) atoms. The highest BCUT2D eigenvalue weighted by molar-refractivity contribution is 5.92. The molecule has 1 aliphatic heterocycles. The Morgan fingerprint density at radius 2 is 1.29 bits per heavy atom. The minimum Gasteiger partial charge on any atom is -0.467 e. The molecule has 3 N–H and O–H groups in total. The first kappa shape index (κ1) is 36.5. The standard InChI is InChI=1S/C43H45N3O6/c1-50-41(48)39(25-31-11-5-2-6-12-31)45-43(49)44-37-23-21-36(22-24-37)42-51-38(26-40(52-42)35-19-17-34(30-47)18-20-35)29-46(27-32-13-7-3-8-14-32)28-33-15-9-4-10-16-33/h2-24,38-40,42,47H,25-30H2,1H3,(H2,44,45,49)/t38-,39-,40+,42+/m0/s1. The van der Waals surface area contributed by atoms with Crippen LogP contribution in [0.25, 0.3) is 0 Å². The second kappa shape index (κ2) is 18.3. The smallest absolute Gasteiger partial charge is 0.328 e. The van der Waals surface area contributed by atoms with Crippen molar-refractivity contribution in [3.63, 3.8) is 0 Å². The SMILES string of the molecule is COC(=O)[C@H](Cc1ccccc1)NC(=O)Nc1ccc([C@@H]2O[C@H](CN(Cc3ccccc3)Cc3ccccc3)C[C@H](c3ccc(CO)cc3)O2)cc1. The third-order valence-corrected chi connectivity index (χ3v) is 9.09. The average Bonchev–Trinajstić information content (AvgIpc) is 3.18. The third-order valence-electron chi connectivity index (χ3n) is 9.09. The fourth-order valence-electron chi connectivity index (χ4n) is 6.42. The molecule has 9 heteroatoms. The van der Waals surface area contributed by atoms with E-state index in [-0.39, 0.29) is 18.8 Å². The first-order valence-corrected chi connectivity index (χ1v) is 17.6. The van der Waals surface area contributed by atoms with Crippen LogP contribution in [0.15, 0.2) is 140 Å². The molecule has 1 aliphatic rings. The number of nitrogens with zero attached hydrogens (tertiary/aromatic N) is 1. The molecule has 0 aliphatic carbocycles. The van der Waals surface area contributed by atoms with E-state index in [0.717, 1.165) is 35.3 Å². The Morgan fingerprint density at radius 3 is 1.85 bits per heavy atom. The Hall–Kier alpha value is -5.32. The minimum atomic E-state index is -0.848. The normalized spacial score (nSPS) is 17.6. The van der Waals surface area contributed by atoms with Crippen molar-refractivity contribution in [2.75, 3.05) is 19.0 Å². The van der Waals surface area contributed by atoms with E-state index in [4.69, 9.17) is 14.2 Å². The number of anilines is 1. The number of hydrogen-bond acceptors (Lipinski definition) is 7. The van der Waals surface area contributed by atoms with E-state index >= 15 is 0 Å². The lowest BCUT2D eigenvalue weighted by Gasteiger charge is -2.38. The molecule has 0 unspecified atom stereocenters. The van der Waals surface area contributed by atoms with Gasteiger partial charge >= 0.3 is 12.0 Å². The zero-order valence-corrected chi connectivity index (χ0v) is 29.3. The average molecular weight is 700 g/mol. The van der Waals surface area contributed by atoms with E-state index in [9.17, 15) is 14.7 Å². The van der Waals surface area contributed by atoms with Gasteiger partial charge in [0.2, 0.25) is 0 Å². The molecular formula is C43H45N3O6. The van der Waals surface area contributed by atoms with Gasteiger partial charge in [-0.3, -0.25) is 4.90 Å². The molecule has 0 spiro atoms. The molecule has 0 radical (unpaired) electrons. The second-order valence-electron chi connectivity index (χ2n) is 13.0. The van der Waals surface area contributed by atoms with E-state index < -0.39 is 24.3 Å². The van der Waals surface area contributed by atoms with E-state index in [2.05, 4.69) is 64.1 Å². The van der Waals surface area contributed by atoms with E-state index in [1.807, 2.05) is 78.9 Å². The van der Waals surface area contributed by atoms with Crippen molar-refractivity contribution >= 4 is 17.7 Å². The summed E-state index contributed by atoms with van der Waals surface area (Å²) in [5, 5.41) is 15.2. The lowest BCUT2D eigenvalue weighted by molar-refractivity contribution is -0.253. The van der Waals surface area contributed by atoms with Crippen LogP contribution in [0.4, 0.5) is 10.5 Å². The highest BCUT2D eigenvalue weighted by Gasteiger charge is 2.33. The minimum absolute atomic E-state index is 0.0249. The van der Waals surface area contributed by atoms with Crippen LogP contribution in [0.3, 0.4) is 0 Å². The summed E-state index contributed by atoms with van der Waals surface area (Å²) in [7, 11) is 1.30. The first-order chi connectivity index (χ1) is 25.4. The van der Waals surface area contributed by atoms with Crippen molar-refractivity contribution in [1.29, 1.82) is 0 Å². The third kappa shape index (κ3) is 10.4. The van der Waals surface area contributed by atoms with Gasteiger partial charge in [-0.2, -0.15) is 0 Å². The Balaban J connectivity index is 1.17. The monoisotopic (exact) mass is 699 g/mol. The highest BCUT2D eigenvalue weighted by Crippen LogP contribution is 2.38. The summed E-state index contributed by atoms with van der Waals surface area (Å²) < 4.78 is 18.2. The number of carbonyl (C=O) groups excluding carboxylic acids is 2. The van der Waals surface area contributed by atoms with Crippen LogP contribution in [-0.4, -0.2) is 47.8 Å². The van der Waals surface area contributed by atoms with Gasteiger partial charge in [0.05, 0.1) is 25.9 Å². The van der Waals surface area contributed by atoms with Gasteiger partial charge in [0.1, 0.15) is 6.04 Å². The molecule has 0 aromatic heterocycles. The van der Waals surface area contributed by atoms with E-state index in [0.29, 0.717) is 25.1 Å². The number of rotatable bonds is 14. The zero-order chi connectivity index (χ0) is 36.1. The van der Waals surface area contributed by atoms with Gasteiger partial charge in [0.25, 0.3) is 0 Å². The molecule has 268 valence electrons. The van der Waals surface area contributed by atoms with Crippen molar-refractivity contribution in [1.82, 2.24) is 10.2 Å². The van der Waals surface area contributed by atoms with Crippen molar-refractivity contribution < 1.29 is 28.9 Å². The number of methoxy groups -OCH3 is 1. The van der Waals surface area contributed by atoms with Gasteiger partial charge in [0.15, 0.2) is 6.29 Å². The second-order valence-corrected chi connectivity index (χ2v) is 13.0. The predicted octanol–water partition coefficient (Wildman–Crippen LogP) is 7.33. The number of nitrogens with one attached hydrogen (secondary N) is 2. The fourth-order valence-corrected chi connectivity index (χ4v) is 6.42. The van der Waals surface area contributed by atoms with Crippen LogP contribution in [0.2, 0.25) is 0 Å². The highest BCUT2D eigenvalue weighted by atomic mass is 16.7. The molecule has 6 rings (SSSR count). The van der Waals surface area contributed by atoms with Crippen LogP contribution in [-0.2, 0) is 45.1 Å². The van der Waals surface area contributed by atoms with E-state index in [1.165, 1.54) is 18.2 Å². The Morgan fingerprint density at radius 1 is 0.731 bits per heavy atom. The summed E-state index contributed by atoms with van der Waals surface area (Å²) in [5.74, 6) is -0.526. The van der Waals surface area contributed by atoms with Gasteiger partial charge in [-0.25, -0.2) is 9.59 Å².